The van der Waals surface area contributed by atoms with Gasteiger partial charge in [0.05, 0.1) is 15.7 Å². The van der Waals surface area contributed by atoms with Crippen molar-refractivity contribution in [2.45, 2.75) is 19.3 Å². The van der Waals surface area contributed by atoms with E-state index >= 15 is 0 Å². The highest BCUT2D eigenvalue weighted by Gasteiger charge is 2.09. The molecule has 1 aromatic carbocycles. The molecule has 1 aliphatic rings. The van der Waals surface area contributed by atoms with Gasteiger partial charge < -0.3 is 10.2 Å². The fourth-order valence-electron chi connectivity index (χ4n) is 2.71. The first-order valence-corrected chi connectivity index (χ1v) is 8.45. The second-order valence-electron chi connectivity index (χ2n) is 5.57. The Hall–Kier alpha value is -1.23. The summed E-state index contributed by atoms with van der Waals surface area (Å²) in [6.07, 6.45) is 5.94. The lowest BCUT2D eigenvalue weighted by Gasteiger charge is -2.26. The van der Waals surface area contributed by atoms with Gasteiger partial charge in [-0.25, -0.2) is 4.68 Å². The molecule has 0 atom stereocenters. The van der Waals surface area contributed by atoms with Crippen LogP contribution in [0.5, 0.6) is 0 Å². The van der Waals surface area contributed by atoms with Gasteiger partial charge in [0, 0.05) is 25.4 Å². The van der Waals surface area contributed by atoms with E-state index in [0.717, 1.165) is 24.6 Å². The molecule has 0 saturated carbocycles. The average molecular weight is 339 g/mol. The fourth-order valence-corrected chi connectivity index (χ4v) is 3.01. The van der Waals surface area contributed by atoms with E-state index in [-0.39, 0.29) is 0 Å². The second-order valence-corrected chi connectivity index (χ2v) is 6.39. The molecule has 22 heavy (non-hydrogen) atoms. The Labute approximate surface area is 141 Å². The number of benzene rings is 1. The van der Waals surface area contributed by atoms with Crippen LogP contribution >= 0.6 is 23.2 Å². The topological polar surface area (TPSA) is 33.1 Å². The van der Waals surface area contributed by atoms with E-state index < -0.39 is 0 Å². The molecule has 1 aliphatic heterocycles. The lowest BCUT2D eigenvalue weighted by molar-refractivity contribution is 0.237. The maximum absolute atomic E-state index is 6.05. The van der Waals surface area contributed by atoms with Crippen LogP contribution in [-0.4, -0.2) is 40.9 Å². The summed E-state index contributed by atoms with van der Waals surface area (Å²) in [6, 6.07) is 7.47. The third kappa shape index (κ3) is 3.94. The van der Waals surface area contributed by atoms with Gasteiger partial charge in [0.15, 0.2) is 0 Å². The van der Waals surface area contributed by atoms with Gasteiger partial charge in [0.25, 0.3) is 0 Å². The van der Waals surface area contributed by atoms with Crippen LogP contribution in [0.25, 0.3) is 5.69 Å². The van der Waals surface area contributed by atoms with Crippen molar-refractivity contribution in [2.24, 2.45) is 0 Å². The molecule has 0 unspecified atom stereocenters. The highest BCUT2D eigenvalue weighted by molar-refractivity contribution is 6.42. The molecule has 1 aromatic heterocycles. The van der Waals surface area contributed by atoms with Gasteiger partial charge >= 0.3 is 0 Å². The highest BCUT2D eigenvalue weighted by Crippen LogP contribution is 2.24. The third-order valence-electron chi connectivity index (χ3n) is 3.94. The molecule has 1 saturated heterocycles. The number of nitrogens with one attached hydrogen (secondary N) is 1. The molecular weight excluding hydrogens is 319 g/mol. The van der Waals surface area contributed by atoms with Crippen LogP contribution in [0.1, 0.15) is 19.3 Å². The fraction of sp³-hybridized carbons (Fsp3) is 0.438. The minimum atomic E-state index is 0.536. The van der Waals surface area contributed by atoms with Gasteiger partial charge in [-0.05, 0) is 44.1 Å². The zero-order valence-electron chi connectivity index (χ0n) is 12.4. The minimum absolute atomic E-state index is 0.536. The number of anilines is 1. The first-order valence-electron chi connectivity index (χ1n) is 7.70. The van der Waals surface area contributed by atoms with Gasteiger partial charge in [-0.15, -0.1) is 0 Å². The third-order valence-corrected chi connectivity index (χ3v) is 4.68. The van der Waals surface area contributed by atoms with Crippen LogP contribution in [0, 0.1) is 0 Å². The SMILES string of the molecule is Clc1ccc(-n2ccc(NCCN3CCCCC3)n2)cc1Cl. The number of rotatable bonds is 5. The maximum atomic E-state index is 6.05. The van der Waals surface area contributed by atoms with E-state index in [2.05, 4.69) is 15.3 Å². The summed E-state index contributed by atoms with van der Waals surface area (Å²) in [5, 5.41) is 8.98. The summed E-state index contributed by atoms with van der Waals surface area (Å²) in [5.74, 6) is 0.878. The van der Waals surface area contributed by atoms with Crippen molar-refractivity contribution in [1.82, 2.24) is 14.7 Å². The number of halogens is 2. The molecule has 6 heteroatoms. The molecule has 4 nitrogen and oxygen atoms in total. The number of hydrogen-bond donors (Lipinski definition) is 1. The molecule has 0 bridgehead atoms. The Morgan fingerprint density at radius 3 is 2.64 bits per heavy atom. The van der Waals surface area contributed by atoms with Crippen molar-refractivity contribution < 1.29 is 0 Å². The van der Waals surface area contributed by atoms with Crippen molar-refractivity contribution >= 4 is 29.0 Å². The summed E-state index contributed by atoms with van der Waals surface area (Å²) in [7, 11) is 0. The van der Waals surface area contributed by atoms with Gasteiger partial charge in [0.1, 0.15) is 5.82 Å². The van der Waals surface area contributed by atoms with Crippen LogP contribution in [0.3, 0.4) is 0 Å². The molecule has 0 radical (unpaired) electrons. The largest absolute Gasteiger partial charge is 0.367 e. The average Bonchev–Trinajstić information content (AvgIpc) is 3.00. The molecule has 0 aliphatic carbocycles. The quantitative estimate of drug-likeness (QED) is 0.891. The number of nitrogens with zero attached hydrogens (tertiary/aromatic N) is 3. The zero-order valence-corrected chi connectivity index (χ0v) is 13.9. The number of piperidine rings is 1. The molecule has 118 valence electrons. The van der Waals surface area contributed by atoms with Crippen LogP contribution in [0.15, 0.2) is 30.5 Å². The normalized spacial score (nSPS) is 15.9. The number of hydrogen-bond acceptors (Lipinski definition) is 3. The molecule has 2 heterocycles. The van der Waals surface area contributed by atoms with Gasteiger partial charge in [-0.3, -0.25) is 0 Å². The minimum Gasteiger partial charge on any atom is -0.367 e. The van der Waals surface area contributed by atoms with E-state index in [4.69, 9.17) is 23.2 Å². The summed E-state index contributed by atoms with van der Waals surface area (Å²) in [6.45, 7) is 4.43. The van der Waals surface area contributed by atoms with E-state index in [1.807, 2.05) is 24.4 Å². The Morgan fingerprint density at radius 1 is 1.05 bits per heavy atom. The van der Waals surface area contributed by atoms with Crippen LogP contribution in [0.4, 0.5) is 5.82 Å². The van der Waals surface area contributed by atoms with Gasteiger partial charge in [-0.1, -0.05) is 29.6 Å². The number of aromatic nitrogens is 2. The molecule has 0 amide bonds. The summed E-state index contributed by atoms with van der Waals surface area (Å²) in [5.41, 5.74) is 0.901. The van der Waals surface area contributed by atoms with E-state index in [0.29, 0.717) is 10.0 Å². The molecule has 0 spiro atoms. The lowest BCUT2D eigenvalue weighted by atomic mass is 10.1. The van der Waals surface area contributed by atoms with E-state index in [1.54, 1.807) is 10.7 Å². The Bertz CT molecular complexity index is 620. The number of likely N-dealkylation sites (tertiary alicyclic amines) is 1. The Balaban J connectivity index is 1.55. The first kappa shape index (κ1) is 15.7. The van der Waals surface area contributed by atoms with Crippen molar-refractivity contribution in [1.29, 1.82) is 0 Å². The summed E-state index contributed by atoms with van der Waals surface area (Å²) in [4.78, 5) is 2.51. The van der Waals surface area contributed by atoms with E-state index in [1.165, 1.54) is 32.4 Å². The van der Waals surface area contributed by atoms with Crippen LogP contribution in [0.2, 0.25) is 10.0 Å². The first-order chi connectivity index (χ1) is 10.7. The van der Waals surface area contributed by atoms with Crippen molar-refractivity contribution in [3.05, 3.63) is 40.5 Å². The predicted octanol–water partition coefficient (Wildman–Crippen LogP) is 4.08. The standard InChI is InChI=1S/C16H20Cl2N4/c17-14-5-4-13(12-15(14)18)22-10-6-16(20-22)19-7-11-21-8-2-1-3-9-21/h4-6,10,12H,1-3,7-9,11H2,(H,19,20). The van der Waals surface area contributed by atoms with Crippen molar-refractivity contribution in [2.75, 3.05) is 31.5 Å². The van der Waals surface area contributed by atoms with Crippen molar-refractivity contribution in [3.8, 4) is 5.69 Å². The van der Waals surface area contributed by atoms with Crippen LogP contribution in [-0.2, 0) is 0 Å². The molecule has 2 aromatic rings. The lowest BCUT2D eigenvalue weighted by Crippen LogP contribution is -2.33. The Morgan fingerprint density at radius 2 is 1.86 bits per heavy atom. The maximum Gasteiger partial charge on any atom is 0.148 e. The zero-order chi connectivity index (χ0) is 15.4. The van der Waals surface area contributed by atoms with E-state index in [9.17, 15) is 0 Å². The molecule has 1 N–H and O–H groups in total. The molecular formula is C16H20Cl2N4. The summed E-state index contributed by atoms with van der Waals surface area (Å²) < 4.78 is 1.80. The highest BCUT2D eigenvalue weighted by atomic mass is 35.5. The van der Waals surface area contributed by atoms with Gasteiger partial charge in [0.2, 0.25) is 0 Å². The molecule has 1 fully saturated rings. The summed E-state index contributed by atoms with van der Waals surface area (Å²) >= 11 is 12.0. The van der Waals surface area contributed by atoms with Gasteiger partial charge in [-0.2, -0.15) is 5.10 Å². The predicted molar refractivity (Wildman–Crippen MR) is 92.4 cm³/mol. The van der Waals surface area contributed by atoms with Crippen LogP contribution < -0.4 is 5.32 Å². The Kier molecular flexibility index (Phi) is 5.24. The smallest absolute Gasteiger partial charge is 0.148 e. The molecule has 3 rings (SSSR count). The monoisotopic (exact) mass is 338 g/mol. The van der Waals surface area contributed by atoms with Crippen molar-refractivity contribution in [3.63, 3.8) is 0 Å². The second kappa shape index (κ2) is 7.36.